The maximum absolute atomic E-state index is 13.3. The van der Waals surface area contributed by atoms with Crippen molar-refractivity contribution in [2.75, 3.05) is 31.4 Å². The Hall–Kier alpha value is -2.87. The van der Waals surface area contributed by atoms with Gasteiger partial charge in [0.15, 0.2) is 17.3 Å². The van der Waals surface area contributed by atoms with Gasteiger partial charge in [0.1, 0.15) is 16.5 Å². The lowest BCUT2D eigenvalue weighted by molar-refractivity contribution is 0.102. The summed E-state index contributed by atoms with van der Waals surface area (Å²) < 4.78 is 10.7. The first-order valence-electron chi connectivity index (χ1n) is 9.92. The second kappa shape index (κ2) is 8.47. The van der Waals surface area contributed by atoms with Gasteiger partial charge < -0.3 is 20.1 Å². The monoisotopic (exact) mass is 429 g/mol. The van der Waals surface area contributed by atoms with Gasteiger partial charge in [-0.15, -0.1) is 0 Å². The van der Waals surface area contributed by atoms with Gasteiger partial charge in [-0.25, -0.2) is 4.98 Å². The number of Topliss-reactive ketones (excluding diaryl/α,β-unsaturated/α-hetero) is 1. The van der Waals surface area contributed by atoms with Crippen molar-refractivity contribution < 1.29 is 14.3 Å². The molecule has 158 valence electrons. The zero-order chi connectivity index (χ0) is 21.3. The van der Waals surface area contributed by atoms with Crippen LogP contribution in [0.15, 0.2) is 23.4 Å². The van der Waals surface area contributed by atoms with E-state index in [1.165, 1.54) is 12.0 Å². The van der Waals surface area contributed by atoms with Crippen LogP contribution < -0.4 is 20.1 Å². The number of aromatic nitrogens is 3. The predicted molar refractivity (Wildman–Crippen MR) is 114 cm³/mol. The number of nitrogens with zero attached hydrogens (tertiary/aromatic N) is 4. The van der Waals surface area contributed by atoms with E-state index in [4.69, 9.17) is 26.8 Å². The van der Waals surface area contributed by atoms with Gasteiger partial charge in [0.05, 0.1) is 32.7 Å². The first-order chi connectivity index (χ1) is 14.5. The standard InChI is InChI=1S/C21H24ClN5O3/c1-29-15-8-13(24-9-16(15)30-2)10-27-11-14(12-6-4-3-5-7-12)18(28)17-19(22)25-21(23)26-20(17)27/h8-9H,3-7,10-11H2,1-2H3,(H2,23,25,26). The highest BCUT2D eigenvalue weighted by Crippen LogP contribution is 2.37. The van der Waals surface area contributed by atoms with E-state index in [-0.39, 0.29) is 16.9 Å². The fourth-order valence-electron chi connectivity index (χ4n) is 4.09. The summed E-state index contributed by atoms with van der Waals surface area (Å²) in [4.78, 5) is 28.1. The van der Waals surface area contributed by atoms with Crippen LogP contribution in [0.3, 0.4) is 0 Å². The average molecular weight is 430 g/mol. The van der Waals surface area contributed by atoms with E-state index in [1.807, 2.05) is 11.0 Å². The first kappa shape index (κ1) is 20.4. The molecule has 0 amide bonds. The van der Waals surface area contributed by atoms with Crippen LogP contribution in [-0.4, -0.2) is 41.5 Å². The summed E-state index contributed by atoms with van der Waals surface area (Å²) in [5, 5.41) is 0.0846. The van der Waals surface area contributed by atoms with Gasteiger partial charge in [-0.3, -0.25) is 9.78 Å². The number of halogens is 1. The summed E-state index contributed by atoms with van der Waals surface area (Å²) in [6.07, 6.45) is 6.89. The van der Waals surface area contributed by atoms with E-state index in [2.05, 4.69) is 15.0 Å². The Labute approximate surface area is 180 Å². The molecule has 8 nitrogen and oxygen atoms in total. The van der Waals surface area contributed by atoms with E-state index < -0.39 is 0 Å². The number of carbonyl (C=O) groups is 1. The SMILES string of the molecule is COc1cnc(CN2CC(=C3CCCCC3)C(=O)c3c(Cl)nc(N)nc32)cc1OC. The largest absolute Gasteiger partial charge is 0.493 e. The zero-order valence-electron chi connectivity index (χ0n) is 17.1. The Balaban J connectivity index is 1.77. The lowest BCUT2D eigenvalue weighted by Gasteiger charge is -2.33. The van der Waals surface area contributed by atoms with Crippen molar-refractivity contribution in [2.45, 2.75) is 38.6 Å². The Morgan fingerprint density at radius 1 is 1.13 bits per heavy atom. The van der Waals surface area contributed by atoms with Gasteiger partial charge in [0.2, 0.25) is 5.95 Å². The van der Waals surface area contributed by atoms with Crippen LogP contribution in [0.25, 0.3) is 0 Å². The number of ketones is 1. The highest BCUT2D eigenvalue weighted by atomic mass is 35.5. The predicted octanol–water partition coefficient (Wildman–Crippen LogP) is 3.59. The molecule has 0 spiro atoms. The molecule has 1 saturated carbocycles. The molecule has 2 aliphatic rings. The number of fused-ring (bicyclic) bond motifs is 1. The van der Waals surface area contributed by atoms with Crippen LogP contribution in [-0.2, 0) is 6.54 Å². The molecule has 0 radical (unpaired) electrons. The molecule has 1 fully saturated rings. The van der Waals surface area contributed by atoms with E-state index in [0.29, 0.717) is 36.0 Å². The summed E-state index contributed by atoms with van der Waals surface area (Å²) in [5.41, 5.74) is 8.88. The summed E-state index contributed by atoms with van der Waals surface area (Å²) >= 11 is 6.35. The Morgan fingerprint density at radius 2 is 1.87 bits per heavy atom. The maximum atomic E-state index is 13.3. The Kier molecular flexibility index (Phi) is 5.76. The molecule has 2 aromatic rings. The normalized spacial score (nSPS) is 16.5. The van der Waals surface area contributed by atoms with Gasteiger partial charge in [0.25, 0.3) is 0 Å². The summed E-state index contributed by atoms with van der Waals surface area (Å²) in [7, 11) is 3.14. The highest BCUT2D eigenvalue weighted by Gasteiger charge is 2.34. The third-order valence-corrected chi connectivity index (χ3v) is 5.85. The third kappa shape index (κ3) is 3.79. The fraction of sp³-hybridized carbons (Fsp3) is 0.429. The smallest absolute Gasteiger partial charge is 0.223 e. The number of ether oxygens (including phenoxy) is 2. The number of nitrogen functional groups attached to an aromatic ring is 1. The minimum Gasteiger partial charge on any atom is -0.493 e. The molecule has 3 heterocycles. The Bertz CT molecular complexity index is 1020. The molecule has 0 aromatic carbocycles. The van der Waals surface area contributed by atoms with Crippen molar-refractivity contribution >= 4 is 29.2 Å². The van der Waals surface area contributed by atoms with Crippen molar-refractivity contribution in [1.29, 1.82) is 0 Å². The topological polar surface area (TPSA) is 103 Å². The van der Waals surface area contributed by atoms with Crippen molar-refractivity contribution in [1.82, 2.24) is 15.0 Å². The van der Waals surface area contributed by atoms with E-state index in [0.717, 1.165) is 37.0 Å². The molecule has 0 saturated heterocycles. The summed E-state index contributed by atoms with van der Waals surface area (Å²) in [6, 6.07) is 1.81. The van der Waals surface area contributed by atoms with Crippen LogP contribution in [0.5, 0.6) is 11.5 Å². The lowest BCUT2D eigenvalue weighted by atomic mass is 9.86. The minimum atomic E-state index is -0.0941. The molecule has 4 rings (SSSR count). The summed E-state index contributed by atoms with van der Waals surface area (Å²) in [6.45, 7) is 0.841. The molecule has 0 unspecified atom stereocenters. The summed E-state index contributed by atoms with van der Waals surface area (Å²) in [5.74, 6) is 1.51. The van der Waals surface area contributed by atoms with Crippen LogP contribution >= 0.6 is 11.6 Å². The number of nitrogens with two attached hydrogens (primary N) is 1. The molecule has 0 atom stereocenters. The van der Waals surface area contributed by atoms with E-state index in [9.17, 15) is 4.79 Å². The number of hydrogen-bond donors (Lipinski definition) is 1. The molecular formula is C21H24ClN5O3. The van der Waals surface area contributed by atoms with Crippen molar-refractivity contribution in [3.63, 3.8) is 0 Å². The molecule has 30 heavy (non-hydrogen) atoms. The van der Waals surface area contributed by atoms with E-state index in [1.54, 1.807) is 20.4 Å². The van der Waals surface area contributed by atoms with Gasteiger partial charge in [-0.05, 0) is 25.7 Å². The fourth-order valence-corrected chi connectivity index (χ4v) is 4.35. The molecule has 1 aliphatic carbocycles. The van der Waals surface area contributed by atoms with Gasteiger partial charge in [0, 0.05) is 18.2 Å². The Morgan fingerprint density at radius 3 is 2.57 bits per heavy atom. The van der Waals surface area contributed by atoms with Gasteiger partial charge in [-0.2, -0.15) is 4.98 Å². The van der Waals surface area contributed by atoms with Crippen molar-refractivity contribution in [2.24, 2.45) is 0 Å². The van der Waals surface area contributed by atoms with Crippen LogP contribution in [0.1, 0.15) is 48.2 Å². The number of allylic oxidation sites excluding steroid dienone is 1. The third-order valence-electron chi connectivity index (χ3n) is 5.58. The van der Waals surface area contributed by atoms with Gasteiger partial charge in [-0.1, -0.05) is 23.6 Å². The molecule has 1 aliphatic heterocycles. The highest BCUT2D eigenvalue weighted by molar-refractivity contribution is 6.35. The number of pyridine rings is 1. The zero-order valence-corrected chi connectivity index (χ0v) is 17.8. The van der Waals surface area contributed by atoms with E-state index >= 15 is 0 Å². The molecule has 0 bridgehead atoms. The molecule has 2 aromatic heterocycles. The quantitative estimate of drug-likeness (QED) is 0.580. The van der Waals surface area contributed by atoms with Crippen molar-refractivity contribution in [3.05, 3.63) is 39.8 Å². The first-order valence-corrected chi connectivity index (χ1v) is 10.3. The molecule has 2 N–H and O–H groups in total. The van der Waals surface area contributed by atoms with Crippen LogP contribution in [0.2, 0.25) is 5.15 Å². The maximum Gasteiger partial charge on any atom is 0.223 e. The second-order valence-corrected chi connectivity index (χ2v) is 7.79. The van der Waals surface area contributed by atoms with Crippen LogP contribution in [0.4, 0.5) is 11.8 Å². The van der Waals surface area contributed by atoms with Crippen LogP contribution in [0, 0.1) is 0 Å². The minimum absolute atomic E-state index is 0.0330. The second-order valence-electron chi connectivity index (χ2n) is 7.43. The molecule has 9 heteroatoms. The number of hydrogen-bond acceptors (Lipinski definition) is 8. The number of rotatable bonds is 4. The number of carbonyl (C=O) groups excluding carboxylic acids is 1. The lowest BCUT2D eigenvalue weighted by Crippen LogP contribution is -2.36. The number of anilines is 2. The average Bonchev–Trinajstić information content (AvgIpc) is 2.75. The molecular weight excluding hydrogens is 406 g/mol. The van der Waals surface area contributed by atoms with Crippen molar-refractivity contribution in [3.8, 4) is 11.5 Å². The van der Waals surface area contributed by atoms with Gasteiger partial charge >= 0.3 is 0 Å². The number of methoxy groups -OCH3 is 2.